The second kappa shape index (κ2) is 5.82. The Morgan fingerprint density at radius 1 is 1.36 bits per heavy atom. The first-order valence-electron chi connectivity index (χ1n) is 7.54. The predicted molar refractivity (Wildman–Crippen MR) is 78.0 cm³/mol. The summed E-state index contributed by atoms with van der Waals surface area (Å²) in [5.74, 6) is 0.772. The largest absolute Gasteiger partial charge is 0.465 e. The average Bonchev–Trinajstić information content (AvgIpc) is 3.03. The van der Waals surface area contributed by atoms with Gasteiger partial charge in [0.2, 0.25) is 0 Å². The molecule has 1 aromatic rings. The standard InChI is InChI=1S/C15H19N3O4/c1-9-12(13-10(19)3-2-4-11(13)22-9)14(20)16-5-7-18-8-6-17-15(18)21/h2-8H2,1H3,(H,16,20)(H,17,21). The van der Waals surface area contributed by atoms with E-state index in [1.807, 2.05) is 0 Å². The first-order chi connectivity index (χ1) is 10.6. The van der Waals surface area contributed by atoms with E-state index in [0.717, 1.165) is 6.42 Å². The number of fused-ring (bicyclic) bond motifs is 1. The number of furan rings is 1. The highest BCUT2D eigenvalue weighted by molar-refractivity contribution is 6.10. The number of aryl methyl sites for hydroxylation is 2. The molecule has 1 aliphatic carbocycles. The van der Waals surface area contributed by atoms with Gasteiger partial charge in [0.15, 0.2) is 5.78 Å². The van der Waals surface area contributed by atoms with E-state index in [-0.39, 0.29) is 17.7 Å². The van der Waals surface area contributed by atoms with Crippen LogP contribution in [0, 0.1) is 6.92 Å². The van der Waals surface area contributed by atoms with Crippen LogP contribution in [-0.4, -0.2) is 48.8 Å². The third kappa shape index (κ3) is 2.58. The van der Waals surface area contributed by atoms with Crippen LogP contribution < -0.4 is 10.6 Å². The Morgan fingerprint density at radius 2 is 2.18 bits per heavy atom. The lowest BCUT2D eigenvalue weighted by atomic mass is 9.93. The normalized spacial score (nSPS) is 17.4. The highest BCUT2D eigenvalue weighted by Gasteiger charge is 2.30. The van der Waals surface area contributed by atoms with Gasteiger partial charge in [-0.3, -0.25) is 9.59 Å². The van der Waals surface area contributed by atoms with Crippen molar-refractivity contribution in [3.63, 3.8) is 0 Å². The van der Waals surface area contributed by atoms with Crippen LogP contribution in [0.25, 0.3) is 0 Å². The number of nitrogens with zero attached hydrogens (tertiary/aromatic N) is 1. The highest BCUT2D eigenvalue weighted by Crippen LogP contribution is 2.29. The smallest absolute Gasteiger partial charge is 0.317 e. The predicted octanol–water partition coefficient (Wildman–Crippen LogP) is 0.862. The lowest BCUT2D eigenvalue weighted by molar-refractivity contribution is 0.0925. The summed E-state index contributed by atoms with van der Waals surface area (Å²) < 4.78 is 5.57. The molecule has 2 N–H and O–H groups in total. The molecular weight excluding hydrogens is 286 g/mol. The summed E-state index contributed by atoms with van der Waals surface area (Å²) in [6.45, 7) is 3.78. The zero-order chi connectivity index (χ0) is 15.7. The van der Waals surface area contributed by atoms with Crippen LogP contribution in [0.1, 0.15) is 45.1 Å². The van der Waals surface area contributed by atoms with Crippen molar-refractivity contribution in [2.75, 3.05) is 26.2 Å². The zero-order valence-corrected chi connectivity index (χ0v) is 12.5. The molecule has 1 aromatic heterocycles. The van der Waals surface area contributed by atoms with Gasteiger partial charge in [-0.05, 0) is 13.3 Å². The van der Waals surface area contributed by atoms with Crippen molar-refractivity contribution in [2.24, 2.45) is 0 Å². The molecule has 2 aliphatic rings. The molecule has 1 fully saturated rings. The van der Waals surface area contributed by atoms with E-state index >= 15 is 0 Å². The summed E-state index contributed by atoms with van der Waals surface area (Å²) in [6.07, 6.45) is 1.92. The van der Waals surface area contributed by atoms with Gasteiger partial charge >= 0.3 is 6.03 Å². The Kier molecular flexibility index (Phi) is 3.87. The molecule has 0 saturated carbocycles. The molecule has 7 nitrogen and oxygen atoms in total. The number of urea groups is 1. The molecule has 1 saturated heterocycles. The quantitative estimate of drug-likeness (QED) is 0.863. The topological polar surface area (TPSA) is 91.7 Å². The summed E-state index contributed by atoms with van der Waals surface area (Å²) in [5.41, 5.74) is 0.797. The van der Waals surface area contributed by atoms with E-state index in [2.05, 4.69) is 10.6 Å². The number of Topliss-reactive ketones (excluding diaryl/α,β-unsaturated/α-hetero) is 1. The molecule has 118 valence electrons. The Hall–Kier alpha value is -2.31. The average molecular weight is 305 g/mol. The van der Waals surface area contributed by atoms with E-state index in [1.165, 1.54) is 0 Å². The van der Waals surface area contributed by atoms with Crippen molar-refractivity contribution in [3.05, 3.63) is 22.6 Å². The molecule has 0 bridgehead atoms. The van der Waals surface area contributed by atoms with Gasteiger partial charge in [0.1, 0.15) is 11.5 Å². The first kappa shape index (κ1) is 14.6. The second-order valence-electron chi connectivity index (χ2n) is 5.58. The summed E-state index contributed by atoms with van der Waals surface area (Å²) in [6, 6.07) is -0.110. The summed E-state index contributed by atoms with van der Waals surface area (Å²) >= 11 is 0. The molecule has 0 radical (unpaired) electrons. The number of hydrogen-bond acceptors (Lipinski definition) is 4. The molecule has 3 rings (SSSR count). The van der Waals surface area contributed by atoms with E-state index in [9.17, 15) is 14.4 Å². The van der Waals surface area contributed by atoms with Crippen molar-refractivity contribution < 1.29 is 18.8 Å². The Balaban J connectivity index is 1.66. The number of hydrogen-bond donors (Lipinski definition) is 2. The maximum absolute atomic E-state index is 12.4. The Labute approximate surface area is 128 Å². The molecule has 2 heterocycles. The van der Waals surface area contributed by atoms with Crippen molar-refractivity contribution in [1.82, 2.24) is 15.5 Å². The van der Waals surface area contributed by atoms with Crippen LogP contribution in [0.4, 0.5) is 4.79 Å². The number of amides is 3. The van der Waals surface area contributed by atoms with Gasteiger partial charge in [-0.25, -0.2) is 4.79 Å². The Morgan fingerprint density at radius 3 is 2.91 bits per heavy atom. The summed E-state index contributed by atoms with van der Waals surface area (Å²) in [4.78, 5) is 37.5. The third-order valence-electron chi connectivity index (χ3n) is 4.08. The number of carbonyl (C=O) groups excluding carboxylic acids is 3. The lowest BCUT2D eigenvalue weighted by Gasteiger charge is -2.14. The van der Waals surface area contributed by atoms with E-state index in [4.69, 9.17) is 4.42 Å². The monoisotopic (exact) mass is 305 g/mol. The zero-order valence-electron chi connectivity index (χ0n) is 12.5. The van der Waals surface area contributed by atoms with E-state index in [0.29, 0.717) is 61.7 Å². The summed E-state index contributed by atoms with van der Waals surface area (Å²) in [5, 5.41) is 5.48. The molecule has 0 aromatic carbocycles. The van der Waals surface area contributed by atoms with Crippen LogP contribution >= 0.6 is 0 Å². The molecule has 0 atom stereocenters. The van der Waals surface area contributed by atoms with Crippen LogP contribution in [0.5, 0.6) is 0 Å². The van der Waals surface area contributed by atoms with Gasteiger partial charge in [-0.2, -0.15) is 0 Å². The maximum atomic E-state index is 12.4. The molecule has 3 amide bonds. The lowest BCUT2D eigenvalue weighted by Crippen LogP contribution is -2.37. The number of ketones is 1. The van der Waals surface area contributed by atoms with Crippen LogP contribution in [0.2, 0.25) is 0 Å². The summed E-state index contributed by atoms with van der Waals surface area (Å²) in [7, 11) is 0. The molecule has 22 heavy (non-hydrogen) atoms. The van der Waals surface area contributed by atoms with E-state index in [1.54, 1.807) is 11.8 Å². The van der Waals surface area contributed by atoms with Crippen molar-refractivity contribution in [3.8, 4) is 0 Å². The van der Waals surface area contributed by atoms with E-state index < -0.39 is 0 Å². The fraction of sp³-hybridized carbons (Fsp3) is 0.533. The van der Waals surface area contributed by atoms with Crippen molar-refractivity contribution in [2.45, 2.75) is 26.2 Å². The Bertz CT molecular complexity index is 635. The minimum atomic E-state index is -0.308. The maximum Gasteiger partial charge on any atom is 0.317 e. The number of rotatable bonds is 4. The molecule has 7 heteroatoms. The highest BCUT2D eigenvalue weighted by atomic mass is 16.3. The van der Waals surface area contributed by atoms with Gasteiger partial charge in [0.25, 0.3) is 5.91 Å². The van der Waals surface area contributed by atoms with Crippen LogP contribution in [0.15, 0.2) is 4.42 Å². The SMILES string of the molecule is Cc1oc2c(c1C(=O)NCCN1CCNC1=O)C(=O)CCC2. The van der Waals surface area contributed by atoms with Crippen molar-refractivity contribution >= 4 is 17.7 Å². The van der Waals surface area contributed by atoms with Crippen molar-refractivity contribution in [1.29, 1.82) is 0 Å². The van der Waals surface area contributed by atoms with Gasteiger partial charge in [0.05, 0.1) is 11.1 Å². The van der Waals surface area contributed by atoms with Gasteiger partial charge in [-0.15, -0.1) is 0 Å². The minimum absolute atomic E-state index is 0.0258. The fourth-order valence-electron chi connectivity index (χ4n) is 3.00. The fourth-order valence-corrected chi connectivity index (χ4v) is 3.00. The molecular formula is C15H19N3O4. The van der Waals surface area contributed by atoms with Crippen LogP contribution in [0.3, 0.4) is 0 Å². The third-order valence-corrected chi connectivity index (χ3v) is 4.08. The first-order valence-corrected chi connectivity index (χ1v) is 7.54. The molecule has 0 spiro atoms. The minimum Gasteiger partial charge on any atom is -0.465 e. The van der Waals surface area contributed by atoms with Gasteiger partial charge in [-0.1, -0.05) is 0 Å². The molecule has 0 unspecified atom stereocenters. The number of nitrogens with one attached hydrogen (secondary N) is 2. The number of carbonyl (C=O) groups is 3. The molecule has 1 aliphatic heterocycles. The van der Waals surface area contributed by atoms with Gasteiger partial charge in [0, 0.05) is 39.0 Å². The van der Waals surface area contributed by atoms with Crippen LogP contribution in [-0.2, 0) is 6.42 Å². The second-order valence-corrected chi connectivity index (χ2v) is 5.58. The van der Waals surface area contributed by atoms with Gasteiger partial charge < -0.3 is 20.0 Å².